The van der Waals surface area contributed by atoms with E-state index in [2.05, 4.69) is 9.71 Å². The van der Waals surface area contributed by atoms with Gasteiger partial charge in [-0.3, -0.25) is 4.79 Å². The number of aromatic amines is 1. The van der Waals surface area contributed by atoms with E-state index in [1.807, 2.05) is 19.9 Å². The van der Waals surface area contributed by atoms with Crippen LogP contribution >= 0.6 is 23.2 Å². The molecular weight excluding hydrogens is 455 g/mol. The minimum atomic E-state index is -3.66. The van der Waals surface area contributed by atoms with Crippen LogP contribution in [0.1, 0.15) is 60.3 Å². The Balaban J connectivity index is 1.92. The molecule has 1 amide bonds. The van der Waals surface area contributed by atoms with Crippen LogP contribution in [0.3, 0.4) is 0 Å². The summed E-state index contributed by atoms with van der Waals surface area (Å²) in [7, 11) is -3.66. The summed E-state index contributed by atoms with van der Waals surface area (Å²) in [5.41, 5.74) is 4.19. The molecule has 0 bridgehead atoms. The van der Waals surface area contributed by atoms with E-state index in [4.69, 9.17) is 23.2 Å². The lowest BCUT2D eigenvalue weighted by Gasteiger charge is -2.08. The smallest absolute Gasteiger partial charge is 0.264 e. The predicted octanol–water partition coefficient (Wildman–Crippen LogP) is 5.88. The Morgan fingerprint density at radius 2 is 1.84 bits per heavy atom. The molecule has 0 saturated heterocycles. The number of amides is 1. The Bertz CT molecular complexity index is 1200. The van der Waals surface area contributed by atoms with Gasteiger partial charge in [-0.2, -0.15) is 0 Å². The van der Waals surface area contributed by atoms with E-state index in [1.54, 1.807) is 30.3 Å². The molecule has 3 aromatic rings. The zero-order chi connectivity index (χ0) is 22.6. The molecule has 5 nitrogen and oxygen atoms in total. The van der Waals surface area contributed by atoms with Gasteiger partial charge in [0.1, 0.15) is 0 Å². The fourth-order valence-corrected chi connectivity index (χ4v) is 5.16. The average molecular weight is 481 g/mol. The summed E-state index contributed by atoms with van der Waals surface area (Å²) < 4.78 is 26.6. The molecule has 0 fully saturated rings. The summed E-state index contributed by atoms with van der Waals surface area (Å²) in [6.45, 7) is 4.05. The number of H-pyrrole nitrogens is 1. The molecule has 166 valence electrons. The summed E-state index contributed by atoms with van der Waals surface area (Å²) in [6.07, 6.45) is 3.60. The maximum absolute atomic E-state index is 12.6. The van der Waals surface area contributed by atoms with Crippen molar-refractivity contribution >= 4 is 50.0 Å². The van der Waals surface area contributed by atoms with Crippen LogP contribution in [0.15, 0.2) is 36.4 Å². The second kappa shape index (κ2) is 10.1. The molecule has 0 radical (unpaired) electrons. The molecule has 0 aliphatic rings. The fraction of sp³-hybridized carbons (Fsp3) is 0.348. The molecule has 0 unspecified atom stereocenters. The van der Waals surface area contributed by atoms with Gasteiger partial charge < -0.3 is 4.98 Å². The SMILES string of the molecule is CCCCCS(=O)(=O)NC(=O)c1ccc2[nH]c(CC)c(Cc3ccc(Cl)cc3Cl)c2c1. The summed E-state index contributed by atoms with van der Waals surface area (Å²) >= 11 is 12.4. The van der Waals surface area contributed by atoms with Gasteiger partial charge in [0.15, 0.2) is 0 Å². The molecule has 0 spiro atoms. The number of fused-ring (bicyclic) bond motifs is 1. The van der Waals surface area contributed by atoms with E-state index in [0.717, 1.165) is 47.0 Å². The van der Waals surface area contributed by atoms with Gasteiger partial charge in [0.2, 0.25) is 10.0 Å². The topological polar surface area (TPSA) is 79.0 Å². The Labute approximate surface area is 193 Å². The molecule has 1 heterocycles. The van der Waals surface area contributed by atoms with Crippen molar-refractivity contribution in [3.05, 3.63) is 68.8 Å². The van der Waals surface area contributed by atoms with Crippen molar-refractivity contribution in [3.63, 3.8) is 0 Å². The predicted molar refractivity (Wildman–Crippen MR) is 128 cm³/mol. The molecule has 3 rings (SSSR count). The van der Waals surface area contributed by atoms with Crippen LogP contribution in [-0.4, -0.2) is 25.1 Å². The van der Waals surface area contributed by atoms with E-state index in [9.17, 15) is 13.2 Å². The maximum Gasteiger partial charge on any atom is 0.264 e. The first-order chi connectivity index (χ1) is 14.7. The highest BCUT2D eigenvalue weighted by molar-refractivity contribution is 7.90. The first-order valence-corrected chi connectivity index (χ1v) is 12.8. The minimum Gasteiger partial charge on any atom is -0.358 e. The number of aromatic nitrogens is 1. The third-order valence-corrected chi connectivity index (χ3v) is 7.17. The number of rotatable bonds is 9. The molecular formula is C23H26Cl2N2O3S. The molecule has 0 saturated carbocycles. The summed E-state index contributed by atoms with van der Waals surface area (Å²) in [6, 6.07) is 10.6. The van der Waals surface area contributed by atoms with Crippen molar-refractivity contribution in [2.24, 2.45) is 0 Å². The molecule has 8 heteroatoms. The highest BCUT2D eigenvalue weighted by atomic mass is 35.5. The molecule has 2 aromatic carbocycles. The molecule has 0 aliphatic carbocycles. The zero-order valence-corrected chi connectivity index (χ0v) is 19.9. The number of hydrogen-bond donors (Lipinski definition) is 2. The zero-order valence-electron chi connectivity index (χ0n) is 17.6. The number of halogens is 2. The van der Waals surface area contributed by atoms with E-state index < -0.39 is 15.9 Å². The van der Waals surface area contributed by atoms with E-state index >= 15 is 0 Å². The van der Waals surface area contributed by atoms with Gasteiger partial charge in [-0.15, -0.1) is 0 Å². The van der Waals surface area contributed by atoms with Crippen molar-refractivity contribution in [2.45, 2.75) is 46.0 Å². The molecule has 31 heavy (non-hydrogen) atoms. The Morgan fingerprint density at radius 1 is 1.06 bits per heavy atom. The lowest BCUT2D eigenvalue weighted by Crippen LogP contribution is -2.32. The monoisotopic (exact) mass is 480 g/mol. The number of aryl methyl sites for hydroxylation is 1. The number of nitrogens with one attached hydrogen (secondary N) is 2. The quantitative estimate of drug-likeness (QED) is 0.375. The largest absolute Gasteiger partial charge is 0.358 e. The van der Waals surface area contributed by atoms with E-state index in [0.29, 0.717) is 28.5 Å². The van der Waals surface area contributed by atoms with Crippen LogP contribution in [0.25, 0.3) is 10.9 Å². The van der Waals surface area contributed by atoms with Crippen molar-refractivity contribution in [1.82, 2.24) is 9.71 Å². The van der Waals surface area contributed by atoms with Crippen LogP contribution in [0, 0.1) is 0 Å². The van der Waals surface area contributed by atoms with Gasteiger partial charge in [0.05, 0.1) is 5.75 Å². The van der Waals surface area contributed by atoms with Gasteiger partial charge in [0.25, 0.3) is 5.91 Å². The molecule has 1 aromatic heterocycles. The van der Waals surface area contributed by atoms with Crippen LogP contribution in [0.5, 0.6) is 0 Å². The number of unbranched alkanes of at least 4 members (excludes halogenated alkanes) is 2. The van der Waals surface area contributed by atoms with E-state index in [-0.39, 0.29) is 5.75 Å². The lowest BCUT2D eigenvalue weighted by molar-refractivity contribution is 0.0981. The number of carbonyl (C=O) groups excluding carboxylic acids is 1. The molecule has 0 aliphatic heterocycles. The fourth-order valence-electron chi connectivity index (χ4n) is 3.60. The highest BCUT2D eigenvalue weighted by Gasteiger charge is 2.18. The van der Waals surface area contributed by atoms with Gasteiger partial charge in [-0.05, 0) is 54.3 Å². The summed E-state index contributed by atoms with van der Waals surface area (Å²) in [4.78, 5) is 16.0. The lowest BCUT2D eigenvalue weighted by atomic mass is 9.99. The standard InChI is InChI=1S/C23H26Cl2N2O3S/c1-3-5-6-11-31(29,30)27-23(28)16-8-10-22-19(13-16)18(21(4-2)26-22)12-15-7-9-17(24)14-20(15)25/h7-10,13-14,26H,3-6,11-12H2,1-2H3,(H,27,28). The van der Waals surface area contributed by atoms with Gasteiger partial charge in [-0.25, -0.2) is 13.1 Å². The second-order valence-corrected chi connectivity index (χ2v) is 10.3. The number of benzene rings is 2. The minimum absolute atomic E-state index is 0.0563. The third-order valence-electron chi connectivity index (χ3n) is 5.26. The Hall–Kier alpha value is -2.02. The van der Waals surface area contributed by atoms with Crippen molar-refractivity contribution in [3.8, 4) is 0 Å². The first kappa shape index (κ1) is 23.6. The first-order valence-electron chi connectivity index (χ1n) is 10.4. The van der Waals surface area contributed by atoms with Gasteiger partial charge >= 0.3 is 0 Å². The Kier molecular flexibility index (Phi) is 7.68. The van der Waals surface area contributed by atoms with Crippen LogP contribution in [0.2, 0.25) is 10.0 Å². The van der Waals surface area contributed by atoms with Crippen molar-refractivity contribution < 1.29 is 13.2 Å². The Morgan fingerprint density at radius 3 is 2.52 bits per heavy atom. The van der Waals surface area contributed by atoms with Crippen LogP contribution < -0.4 is 4.72 Å². The summed E-state index contributed by atoms with van der Waals surface area (Å²) in [5, 5.41) is 2.03. The maximum atomic E-state index is 12.6. The normalized spacial score (nSPS) is 11.7. The second-order valence-electron chi connectivity index (χ2n) is 7.57. The third kappa shape index (κ3) is 5.82. The summed E-state index contributed by atoms with van der Waals surface area (Å²) in [5.74, 6) is -0.674. The van der Waals surface area contributed by atoms with Crippen molar-refractivity contribution in [1.29, 1.82) is 0 Å². The molecule has 2 N–H and O–H groups in total. The molecule has 0 atom stereocenters. The highest BCUT2D eigenvalue weighted by Crippen LogP contribution is 2.30. The van der Waals surface area contributed by atoms with Crippen LogP contribution in [-0.2, 0) is 22.9 Å². The van der Waals surface area contributed by atoms with E-state index in [1.165, 1.54) is 0 Å². The number of carbonyl (C=O) groups is 1. The van der Waals surface area contributed by atoms with Gasteiger partial charge in [-0.1, -0.05) is 56.0 Å². The number of sulfonamides is 1. The van der Waals surface area contributed by atoms with Crippen molar-refractivity contribution in [2.75, 3.05) is 5.75 Å². The van der Waals surface area contributed by atoms with Gasteiger partial charge in [0, 0.05) is 38.6 Å². The average Bonchev–Trinajstić information content (AvgIpc) is 3.06. The van der Waals surface area contributed by atoms with Crippen LogP contribution in [0.4, 0.5) is 0 Å². The number of hydrogen-bond acceptors (Lipinski definition) is 3.